The smallest absolute Gasteiger partial charge is 0.276 e. The Morgan fingerprint density at radius 1 is 1.33 bits per heavy atom. The van der Waals surface area contributed by atoms with Gasteiger partial charge in [0.05, 0.1) is 0 Å². The molecule has 3 N–H and O–H groups in total. The molecule has 1 amide bonds. The van der Waals surface area contributed by atoms with Gasteiger partial charge in [-0.1, -0.05) is 0 Å². The average molecular weight is 389 g/mol. The van der Waals surface area contributed by atoms with Crippen molar-refractivity contribution in [3.05, 3.63) is 59.4 Å². The number of nitrogens with zero attached hydrogens (tertiary/aromatic N) is 3. The van der Waals surface area contributed by atoms with E-state index in [0.717, 1.165) is 30.0 Å². The number of carbonyl (C=O) groups is 1. The fourth-order valence-electron chi connectivity index (χ4n) is 2.92. The van der Waals surface area contributed by atoms with E-state index >= 15 is 0 Å². The van der Waals surface area contributed by atoms with Gasteiger partial charge in [-0.15, -0.1) is 12.4 Å². The molecular formula is C18H21ClN6O2. The second-order valence-electron chi connectivity index (χ2n) is 6.18. The third-order valence-corrected chi connectivity index (χ3v) is 4.42. The summed E-state index contributed by atoms with van der Waals surface area (Å²) < 4.78 is 7.63. The van der Waals surface area contributed by atoms with Crippen LogP contribution in [0.2, 0.25) is 0 Å². The number of aromatic amines is 1. The highest BCUT2D eigenvalue weighted by Crippen LogP contribution is 2.19. The zero-order chi connectivity index (χ0) is 17.9. The van der Waals surface area contributed by atoms with Crippen molar-refractivity contribution in [2.75, 3.05) is 11.9 Å². The highest BCUT2D eigenvalue weighted by atomic mass is 35.5. The number of hydrogen-bond donors (Lipinski definition) is 3. The Morgan fingerprint density at radius 2 is 2.15 bits per heavy atom. The molecule has 0 radical (unpaired) electrons. The summed E-state index contributed by atoms with van der Waals surface area (Å²) in [5, 5.41) is 13.3. The first kappa shape index (κ1) is 18.9. The molecule has 1 aromatic carbocycles. The number of carbonyl (C=O) groups excluding carboxylic acids is 1. The highest BCUT2D eigenvalue weighted by molar-refractivity contribution is 6.04. The van der Waals surface area contributed by atoms with Gasteiger partial charge in [0.15, 0.2) is 5.69 Å². The number of hydrogen-bond acceptors (Lipinski definition) is 5. The van der Waals surface area contributed by atoms with Gasteiger partial charge in [0.1, 0.15) is 18.2 Å². The molecule has 0 fully saturated rings. The molecule has 8 nitrogen and oxygen atoms in total. The number of aromatic nitrogens is 4. The lowest BCUT2D eigenvalue weighted by molar-refractivity contribution is 0.102. The first-order valence-electron chi connectivity index (χ1n) is 8.48. The standard InChI is InChI=1S/C18H20N6O2.ClH/c1-24-9-8-20-16(24)11-26-13-4-2-12(3-5-13)21-18(25)17-14-10-19-7-6-15(14)22-23-17;/h2-5,8-9,19H,6-7,10-11H2,1H3,(H,21,25)(H,22,23);1H. The van der Waals surface area contributed by atoms with E-state index in [1.54, 1.807) is 6.20 Å². The average Bonchev–Trinajstić information content (AvgIpc) is 3.27. The number of nitrogens with one attached hydrogen (secondary N) is 3. The van der Waals surface area contributed by atoms with Gasteiger partial charge in [-0.05, 0) is 24.3 Å². The zero-order valence-electron chi connectivity index (χ0n) is 14.9. The van der Waals surface area contributed by atoms with Gasteiger partial charge in [0.25, 0.3) is 5.91 Å². The summed E-state index contributed by atoms with van der Waals surface area (Å²) in [5.41, 5.74) is 3.12. The molecule has 1 aliphatic rings. The Kier molecular flexibility index (Phi) is 5.78. The van der Waals surface area contributed by atoms with Crippen LogP contribution in [0.5, 0.6) is 5.75 Å². The predicted octanol–water partition coefficient (Wildman–Crippen LogP) is 2.04. The molecule has 0 atom stereocenters. The number of rotatable bonds is 5. The van der Waals surface area contributed by atoms with Gasteiger partial charge >= 0.3 is 0 Å². The summed E-state index contributed by atoms with van der Waals surface area (Å²) >= 11 is 0. The number of halogens is 1. The first-order valence-corrected chi connectivity index (χ1v) is 8.48. The number of H-pyrrole nitrogens is 1. The maximum atomic E-state index is 12.5. The molecule has 1 aliphatic heterocycles. The molecule has 4 rings (SSSR count). The maximum Gasteiger partial charge on any atom is 0.276 e. The van der Waals surface area contributed by atoms with Crippen molar-refractivity contribution >= 4 is 24.0 Å². The van der Waals surface area contributed by atoms with Gasteiger partial charge in [-0.25, -0.2) is 4.98 Å². The Bertz CT molecular complexity index is 918. The molecule has 2 aromatic heterocycles. The van der Waals surface area contributed by atoms with E-state index < -0.39 is 0 Å². The van der Waals surface area contributed by atoms with Crippen molar-refractivity contribution in [3.8, 4) is 5.75 Å². The van der Waals surface area contributed by atoms with E-state index in [0.29, 0.717) is 30.3 Å². The van der Waals surface area contributed by atoms with Crippen LogP contribution in [0.25, 0.3) is 0 Å². The van der Waals surface area contributed by atoms with Crippen molar-refractivity contribution in [1.29, 1.82) is 0 Å². The third kappa shape index (κ3) is 4.12. The lowest BCUT2D eigenvalue weighted by Gasteiger charge is -2.13. The molecule has 27 heavy (non-hydrogen) atoms. The summed E-state index contributed by atoms with van der Waals surface area (Å²) in [6.45, 7) is 1.95. The summed E-state index contributed by atoms with van der Waals surface area (Å²) in [4.78, 5) is 16.7. The largest absolute Gasteiger partial charge is 0.486 e. The number of anilines is 1. The van der Waals surface area contributed by atoms with Crippen LogP contribution >= 0.6 is 12.4 Å². The zero-order valence-corrected chi connectivity index (χ0v) is 15.7. The molecule has 0 aliphatic carbocycles. The SMILES string of the molecule is Cl.Cn1ccnc1COc1ccc(NC(=O)c2n[nH]c3c2CNCC3)cc1. The number of benzene rings is 1. The van der Waals surface area contributed by atoms with Gasteiger partial charge in [0.2, 0.25) is 0 Å². The van der Waals surface area contributed by atoms with E-state index in [2.05, 4.69) is 25.8 Å². The normalized spacial score (nSPS) is 12.8. The molecule has 142 valence electrons. The second kappa shape index (κ2) is 8.24. The Hall–Kier alpha value is -2.84. The van der Waals surface area contributed by atoms with E-state index in [4.69, 9.17) is 4.74 Å². The Morgan fingerprint density at radius 3 is 2.89 bits per heavy atom. The molecule has 0 spiro atoms. The van der Waals surface area contributed by atoms with E-state index in [-0.39, 0.29) is 18.3 Å². The molecule has 0 bridgehead atoms. The van der Waals surface area contributed by atoms with Crippen LogP contribution < -0.4 is 15.4 Å². The first-order chi connectivity index (χ1) is 12.7. The fourth-order valence-corrected chi connectivity index (χ4v) is 2.92. The molecule has 0 saturated carbocycles. The highest BCUT2D eigenvalue weighted by Gasteiger charge is 2.21. The van der Waals surface area contributed by atoms with Gasteiger partial charge in [-0.3, -0.25) is 9.89 Å². The minimum Gasteiger partial charge on any atom is -0.486 e. The summed E-state index contributed by atoms with van der Waals surface area (Å²) in [7, 11) is 1.92. The van der Waals surface area contributed by atoms with Gasteiger partial charge < -0.3 is 19.9 Å². The molecule has 0 saturated heterocycles. The monoisotopic (exact) mass is 388 g/mol. The number of ether oxygens (including phenoxy) is 1. The topological polar surface area (TPSA) is 96.9 Å². The van der Waals surface area contributed by atoms with Crippen LogP contribution in [-0.4, -0.2) is 32.2 Å². The van der Waals surface area contributed by atoms with Crippen LogP contribution in [0.3, 0.4) is 0 Å². The minimum atomic E-state index is -0.215. The maximum absolute atomic E-state index is 12.5. The van der Waals surface area contributed by atoms with Crippen molar-refractivity contribution in [2.24, 2.45) is 7.05 Å². The van der Waals surface area contributed by atoms with Gasteiger partial charge in [0, 0.05) is 55.9 Å². The van der Waals surface area contributed by atoms with E-state index in [1.165, 1.54) is 0 Å². The van der Waals surface area contributed by atoms with Crippen LogP contribution in [-0.2, 0) is 26.6 Å². The number of amides is 1. The predicted molar refractivity (Wildman–Crippen MR) is 103 cm³/mol. The van der Waals surface area contributed by atoms with Crippen LogP contribution in [0.4, 0.5) is 5.69 Å². The summed E-state index contributed by atoms with van der Waals surface area (Å²) in [6.07, 6.45) is 4.47. The summed E-state index contributed by atoms with van der Waals surface area (Å²) in [6, 6.07) is 7.26. The molecular weight excluding hydrogens is 368 g/mol. The van der Waals surface area contributed by atoms with E-state index in [9.17, 15) is 4.79 Å². The van der Waals surface area contributed by atoms with Gasteiger partial charge in [-0.2, -0.15) is 5.10 Å². The van der Waals surface area contributed by atoms with Crippen molar-refractivity contribution < 1.29 is 9.53 Å². The lowest BCUT2D eigenvalue weighted by atomic mass is 10.1. The van der Waals surface area contributed by atoms with Crippen molar-refractivity contribution in [2.45, 2.75) is 19.6 Å². The Balaban J connectivity index is 0.00000210. The molecule has 3 heterocycles. The third-order valence-electron chi connectivity index (χ3n) is 4.42. The number of aryl methyl sites for hydroxylation is 1. The minimum absolute atomic E-state index is 0. The van der Waals surface area contributed by atoms with Crippen LogP contribution in [0.15, 0.2) is 36.7 Å². The van der Waals surface area contributed by atoms with Crippen molar-refractivity contribution in [1.82, 2.24) is 25.1 Å². The fraction of sp³-hybridized carbons (Fsp3) is 0.278. The number of imidazole rings is 1. The quantitative estimate of drug-likeness (QED) is 0.621. The molecule has 3 aromatic rings. The van der Waals surface area contributed by atoms with E-state index in [1.807, 2.05) is 42.1 Å². The Labute approximate surface area is 162 Å². The van der Waals surface area contributed by atoms with Crippen LogP contribution in [0, 0.1) is 0 Å². The molecule has 0 unspecified atom stereocenters. The summed E-state index contributed by atoms with van der Waals surface area (Å²) in [5.74, 6) is 1.35. The number of fused-ring (bicyclic) bond motifs is 1. The molecule has 9 heteroatoms. The van der Waals surface area contributed by atoms with Crippen molar-refractivity contribution in [3.63, 3.8) is 0 Å². The van der Waals surface area contributed by atoms with Crippen LogP contribution in [0.1, 0.15) is 27.6 Å². The lowest BCUT2D eigenvalue weighted by Crippen LogP contribution is -2.25. The second-order valence-corrected chi connectivity index (χ2v) is 6.18.